The molecule has 3 aromatic rings. The molecule has 0 bridgehead atoms. The Morgan fingerprint density at radius 1 is 1.14 bits per heavy atom. The number of benzene rings is 2. The van der Waals surface area contributed by atoms with E-state index in [1.54, 1.807) is 0 Å². The van der Waals surface area contributed by atoms with E-state index in [0.717, 1.165) is 16.8 Å². The van der Waals surface area contributed by atoms with Gasteiger partial charge in [0.15, 0.2) is 0 Å². The van der Waals surface area contributed by atoms with Crippen LogP contribution in [0.15, 0.2) is 42.5 Å². The van der Waals surface area contributed by atoms with Crippen molar-refractivity contribution in [1.29, 1.82) is 0 Å². The van der Waals surface area contributed by atoms with E-state index in [1.807, 2.05) is 44.4 Å². The predicted molar refractivity (Wildman–Crippen MR) is 145 cm³/mol. The number of hydrogen-bond acceptors (Lipinski definition) is 4. The first kappa shape index (κ1) is 24.8. The van der Waals surface area contributed by atoms with Gasteiger partial charge < -0.3 is 19.7 Å². The molecule has 1 unspecified atom stereocenters. The van der Waals surface area contributed by atoms with Gasteiger partial charge in [0.25, 0.3) is 5.91 Å². The number of para-hydroxylation sites is 1. The van der Waals surface area contributed by atoms with Crippen LogP contribution in [0.4, 0.5) is 0 Å². The zero-order valence-electron chi connectivity index (χ0n) is 21.2. The molecule has 6 nitrogen and oxygen atoms in total. The summed E-state index contributed by atoms with van der Waals surface area (Å²) in [7, 11) is 0. The van der Waals surface area contributed by atoms with Crippen LogP contribution in [0, 0.1) is 0 Å². The molecule has 36 heavy (non-hydrogen) atoms. The highest BCUT2D eigenvalue weighted by molar-refractivity contribution is 8.00. The Kier molecular flexibility index (Phi) is 6.77. The van der Waals surface area contributed by atoms with Crippen LogP contribution in [0.3, 0.4) is 0 Å². The standard InChI is InChI=1S/C29H34N2O4S/c1-29(2,36-3)26(28(33)34)30-27(32)19-13-14-20-22(17-19)31-15-16-35-23-12-8-7-11-21(23)25(31)24(20)18-9-5-4-6-10-18/h7-8,11-14,17-18,26H,4-6,9-10,15-16H2,1-3H3,(H,30,32)(H,33,34). The molecule has 7 heteroatoms. The number of rotatable bonds is 6. The molecular weight excluding hydrogens is 472 g/mol. The van der Waals surface area contributed by atoms with Crippen molar-refractivity contribution in [3.63, 3.8) is 0 Å². The Balaban J connectivity index is 1.63. The number of fused-ring (bicyclic) bond motifs is 5. The molecule has 0 radical (unpaired) electrons. The number of aromatic nitrogens is 1. The molecule has 1 saturated carbocycles. The van der Waals surface area contributed by atoms with Crippen LogP contribution in [-0.2, 0) is 11.3 Å². The molecule has 0 saturated heterocycles. The average Bonchev–Trinajstić information content (AvgIpc) is 3.08. The van der Waals surface area contributed by atoms with Gasteiger partial charge in [-0.15, -0.1) is 0 Å². The number of carboxylic acids is 1. The van der Waals surface area contributed by atoms with E-state index in [0.29, 0.717) is 24.6 Å². The zero-order valence-corrected chi connectivity index (χ0v) is 22.0. The average molecular weight is 507 g/mol. The van der Waals surface area contributed by atoms with Crippen LogP contribution in [-0.4, -0.2) is 45.2 Å². The summed E-state index contributed by atoms with van der Waals surface area (Å²) >= 11 is 1.42. The second kappa shape index (κ2) is 9.85. The number of aliphatic carboxylic acids is 1. The summed E-state index contributed by atoms with van der Waals surface area (Å²) in [5.74, 6) is -0.0279. The number of carboxylic acid groups (broad SMARTS) is 1. The van der Waals surface area contributed by atoms with Crippen LogP contribution in [0.2, 0.25) is 0 Å². The van der Waals surface area contributed by atoms with E-state index in [2.05, 4.69) is 28.1 Å². The molecule has 1 aromatic heterocycles. The smallest absolute Gasteiger partial charge is 0.327 e. The van der Waals surface area contributed by atoms with E-state index in [4.69, 9.17) is 4.74 Å². The molecular formula is C29H34N2O4S. The quantitative estimate of drug-likeness (QED) is 0.424. The van der Waals surface area contributed by atoms with Crippen LogP contribution >= 0.6 is 11.8 Å². The topological polar surface area (TPSA) is 80.6 Å². The Hall–Kier alpha value is -2.93. The fourth-order valence-electron chi connectivity index (χ4n) is 5.74. The second-order valence-electron chi connectivity index (χ2n) is 10.4. The lowest BCUT2D eigenvalue weighted by molar-refractivity contribution is -0.139. The maximum atomic E-state index is 13.3. The van der Waals surface area contributed by atoms with Gasteiger partial charge in [-0.05, 0) is 68.7 Å². The molecule has 190 valence electrons. The van der Waals surface area contributed by atoms with E-state index < -0.39 is 16.8 Å². The van der Waals surface area contributed by atoms with E-state index in [-0.39, 0.29) is 5.91 Å². The summed E-state index contributed by atoms with van der Waals surface area (Å²) in [6, 6.07) is 13.1. The lowest BCUT2D eigenvalue weighted by Gasteiger charge is -2.30. The van der Waals surface area contributed by atoms with Crippen molar-refractivity contribution in [3.8, 4) is 17.0 Å². The van der Waals surface area contributed by atoms with E-state index >= 15 is 0 Å². The molecule has 2 aromatic carbocycles. The van der Waals surface area contributed by atoms with Gasteiger partial charge in [-0.25, -0.2) is 4.79 Å². The Morgan fingerprint density at radius 3 is 2.61 bits per heavy atom. The van der Waals surface area contributed by atoms with Crippen LogP contribution in [0.25, 0.3) is 22.2 Å². The summed E-state index contributed by atoms with van der Waals surface area (Å²) in [4.78, 5) is 25.3. The number of thioether (sulfide) groups is 1. The van der Waals surface area contributed by atoms with Gasteiger partial charge in [0.1, 0.15) is 18.4 Å². The van der Waals surface area contributed by atoms with Crippen molar-refractivity contribution in [2.75, 3.05) is 12.9 Å². The van der Waals surface area contributed by atoms with Crippen molar-refractivity contribution in [2.45, 2.75) is 69.2 Å². The fourth-order valence-corrected chi connectivity index (χ4v) is 6.14. The fraction of sp³-hybridized carbons (Fsp3) is 0.448. The molecule has 1 amide bonds. The summed E-state index contributed by atoms with van der Waals surface area (Å²) in [6.45, 7) is 4.91. The van der Waals surface area contributed by atoms with Gasteiger partial charge in [0, 0.05) is 26.8 Å². The van der Waals surface area contributed by atoms with E-state index in [1.165, 1.54) is 60.5 Å². The first-order chi connectivity index (χ1) is 17.3. The third-order valence-electron chi connectivity index (χ3n) is 7.84. The molecule has 1 fully saturated rings. The number of amides is 1. The van der Waals surface area contributed by atoms with Crippen LogP contribution in [0.1, 0.15) is 67.8 Å². The summed E-state index contributed by atoms with van der Waals surface area (Å²) in [6.07, 6.45) is 7.94. The lowest BCUT2D eigenvalue weighted by Crippen LogP contribution is -2.52. The SMILES string of the molecule is CSC(C)(C)C(NC(=O)c1ccc2c(C3CCCCC3)c3n(c2c1)CCOc1ccccc1-3)C(=O)O. The third-order valence-corrected chi connectivity index (χ3v) is 9.13. The summed E-state index contributed by atoms with van der Waals surface area (Å²) < 4.78 is 7.78. The van der Waals surface area contributed by atoms with Crippen LogP contribution in [0.5, 0.6) is 5.75 Å². The molecule has 2 heterocycles. The summed E-state index contributed by atoms with van der Waals surface area (Å²) in [5, 5.41) is 13.7. The molecule has 1 aliphatic carbocycles. The Morgan fingerprint density at radius 2 is 1.89 bits per heavy atom. The highest BCUT2D eigenvalue weighted by atomic mass is 32.2. The number of carbonyl (C=O) groups is 2. The predicted octanol–water partition coefficient (Wildman–Crippen LogP) is 6.07. The molecule has 1 aliphatic heterocycles. The number of hydrogen-bond donors (Lipinski definition) is 2. The van der Waals surface area contributed by atoms with Gasteiger partial charge in [0.2, 0.25) is 0 Å². The van der Waals surface area contributed by atoms with Crippen molar-refractivity contribution < 1.29 is 19.4 Å². The largest absolute Gasteiger partial charge is 0.491 e. The van der Waals surface area contributed by atoms with Crippen molar-refractivity contribution >= 4 is 34.5 Å². The van der Waals surface area contributed by atoms with Crippen molar-refractivity contribution in [1.82, 2.24) is 9.88 Å². The Labute approximate surface area is 216 Å². The maximum Gasteiger partial charge on any atom is 0.327 e. The Bertz CT molecular complexity index is 1310. The summed E-state index contributed by atoms with van der Waals surface area (Å²) in [5.41, 5.74) is 5.15. The molecule has 5 rings (SSSR count). The van der Waals surface area contributed by atoms with Crippen molar-refractivity contribution in [3.05, 3.63) is 53.6 Å². The second-order valence-corrected chi connectivity index (χ2v) is 11.8. The van der Waals surface area contributed by atoms with Crippen molar-refractivity contribution in [2.24, 2.45) is 0 Å². The number of nitrogens with one attached hydrogen (secondary N) is 1. The first-order valence-electron chi connectivity index (χ1n) is 12.8. The van der Waals surface area contributed by atoms with Gasteiger partial charge in [0.05, 0.1) is 12.2 Å². The molecule has 0 spiro atoms. The highest BCUT2D eigenvalue weighted by Crippen LogP contribution is 2.47. The minimum Gasteiger partial charge on any atom is -0.491 e. The van der Waals surface area contributed by atoms with Gasteiger partial charge in [-0.3, -0.25) is 4.79 Å². The van der Waals surface area contributed by atoms with E-state index in [9.17, 15) is 14.7 Å². The van der Waals surface area contributed by atoms with Crippen LogP contribution < -0.4 is 10.1 Å². The minimum absolute atomic E-state index is 0.369. The molecule has 2 aliphatic rings. The number of ether oxygens (including phenoxy) is 1. The number of carbonyl (C=O) groups excluding carboxylic acids is 1. The number of nitrogens with zero attached hydrogens (tertiary/aromatic N) is 1. The normalized spacial score (nSPS) is 17.0. The zero-order chi connectivity index (χ0) is 25.4. The molecule has 2 N–H and O–H groups in total. The maximum absolute atomic E-state index is 13.3. The minimum atomic E-state index is -1.03. The van der Waals surface area contributed by atoms with Gasteiger partial charge >= 0.3 is 5.97 Å². The van der Waals surface area contributed by atoms with Gasteiger partial charge in [-0.2, -0.15) is 11.8 Å². The van der Waals surface area contributed by atoms with Gasteiger partial charge in [-0.1, -0.05) is 37.5 Å². The third kappa shape index (κ3) is 4.38. The monoisotopic (exact) mass is 506 g/mol. The molecule has 1 atom stereocenters. The first-order valence-corrected chi connectivity index (χ1v) is 14.0. The highest BCUT2D eigenvalue weighted by Gasteiger charge is 2.36. The lowest BCUT2D eigenvalue weighted by atomic mass is 9.81.